The molecule has 5 nitrogen and oxygen atoms in total. The summed E-state index contributed by atoms with van der Waals surface area (Å²) < 4.78 is 13.0. The van der Waals surface area contributed by atoms with Crippen molar-refractivity contribution in [3.8, 4) is 5.75 Å². The number of aromatic nitrogens is 1. The molecule has 0 atom stereocenters. The van der Waals surface area contributed by atoms with Crippen LogP contribution in [0, 0.1) is 13.8 Å². The van der Waals surface area contributed by atoms with E-state index in [1.165, 1.54) is 19.8 Å². The number of carbonyl (C=O) groups is 2. The summed E-state index contributed by atoms with van der Waals surface area (Å²) in [5.74, 6) is 0.208. The van der Waals surface area contributed by atoms with Gasteiger partial charge in [-0.05, 0) is 57.9 Å². The summed E-state index contributed by atoms with van der Waals surface area (Å²) in [7, 11) is 1.55. The number of hydrogen-bond acceptors (Lipinski definition) is 4. The second-order valence-electron chi connectivity index (χ2n) is 6.54. The molecule has 1 heterocycles. The highest BCUT2D eigenvalue weighted by molar-refractivity contribution is 5.94. The van der Waals surface area contributed by atoms with Crippen LogP contribution in [-0.4, -0.2) is 23.4 Å². The normalized spacial score (nSPS) is 13.6. The molecule has 0 N–H and O–H groups in total. The number of ether oxygens (including phenoxy) is 2. The SMILES string of the molecule is COc1ccc(C(C)=O)cc1COC(=O)c1cc(C)n(C2CC2)c1C. The molecule has 0 amide bonds. The first-order valence-electron chi connectivity index (χ1n) is 8.45. The van der Waals surface area contributed by atoms with Gasteiger partial charge in [-0.15, -0.1) is 0 Å². The van der Waals surface area contributed by atoms with Gasteiger partial charge in [-0.2, -0.15) is 0 Å². The Labute approximate surface area is 147 Å². The molecule has 1 aliphatic carbocycles. The van der Waals surface area contributed by atoms with Gasteiger partial charge >= 0.3 is 5.97 Å². The summed E-state index contributed by atoms with van der Waals surface area (Å²) in [5.41, 5.74) is 3.89. The van der Waals surface area contributed by atoms with E-state index in [-0.39, 0.29) is 18.4 Å². The minimum Gasteiger partial charge on any atom is -0.496 e. The first-order valence-corrected chi connectivity index (χ1v) is 8.45. The quantitative estimate of drug-likeness (QED) is 0.588. The number of carbonyl (C=O) groups excluding carboxylic acids is 2. The molecule has 1 aromatic carbocycles. The lowest BCUT2D eigenvalue weighted by molar-refractivity contribution is 0.0469. The monoisotopic (exact) mass is 341 g/mol. The number of rotatable bonds is 6. The van der Waals surface area contributed by atoms with Crippen molar-refractivity contribution < 1.29 is 19.1 Å². The van der Waals surface area contributed by atoms with E-state index in [1.54, 1.807) is 25.3 Å². The molecule has 3 rings (SSSR count). The Balaban J connectivity index is 1.77. The summed E-state index contributed by atoms with van der Waals surface area (Å²) in [6.45, 7) is 5.54. The van der Waals surface area contributed by atoms with Crippen LogP contribution >= 0.6 is 0 Å². The fourth-order valence-electron chi connectivity index (χ4n) is 3.21. The van der Waals surface area contributed by atoms with Crippen molar-refractivity contribution in [2.75, 3.05) is 7.11 Å². The van der Waals surface area contributed by atoms with Crippen LogP contribution in [0.25, 0.3) is 0 Å². The van der Waals surface area contributed by atoms with Crippen LogP contribution in [-0.2, 0) is 11.3 Å². The molecule has 0 bridgehead atoms. The van der Waals surface area contributed by atoms with Gasteiger partial charge in [-0.25, -0.2) is 4.79 Å². The molecule has 1 aliphatic rings. The first-order chi connectivity index (χ1) is 11.9. The summed E-state index contributed by atoms with van der Waals surface area (Å²) in [4.78, 5) is 24.1. The Morgan fingerprint density at radius 2 is 1.92 bits per heavy atom. The Morgan fingerprint density at radius 3 is 2.52 bits per heavy atom. The molecule has 0 aliphatic heterocycles. The number of Topliss-reactive ketones (excluding diaryl/α,β-unsaturated/α-hetero) is 1. The zero-order valence-corrected chi connectivity index (χ0v) is 15.1. The number of methoxy groups -OCH3 is 1. The fourth-order valence-corrected chi connectivity index (χ4v) is 3.21. The topological polar surface area (TPSA) is 57.5 Å². The van der Waals surface area contributed by atoms with E-state index in [2.05, 4.69) is 4.57 Å². The molecule has 25 heavy (non-hydrogen) atoms. The lowest BCUT2D eigenvalue weighted by Gasteiger charge is -2.11. The molecule has 132 valence electrons. The van der Waals surface area contributed by atoms with E-state index in [0.29, 0.717) is 28.5 Å². The number of aryl methyl sites for hydroxylation is 1. The number of ketones is 1. The van der Waals surface area contributed by atoms with E-state index in [9.17, 15) is 9.59 Å². The van der Waals surface area contributed by atoms with Gasteiger partial charge in [0.1, 0.15) is 12.4 Å². The molecule has 1 aromatic heterocycles. The van der Waals surface area contributed by atoms with Crippen LogP contribution in [0.5, 0.6) is 5.75 Å². The summed E-state index contributed by atoms with van der Waals surface area (Å²) in [5, 5.41) is 0. The highest BCUT2D eigenvalue weighted by Crippen LogP contribution is 2.38. The maximum Gasteiger partial charge on any atom is 0.340 e. The molecular formula is C20H23NO4. The maximum absolute atomic E-state index is 12.5. The van der Waals surface area contributed by atoms with Crippen molar-refractivity contribution in [1.29, 1.82) is 0 Å². The molecular weight excluding hydrogens is 318 g/mol. The minimum absolute atomic E-state index is 0.0387. The fraction of sp³-hybridized carbons (Fsp3) is 0.400. The highest BCUT2D eigenvalue weighted by Gasteiger charge is 2.28. The minimum atomic E-state index is -0.352. The van der Waals surface area contributed by atoms with E-state index in [4.69, 9.17) is 9.47 Å². The lowest BCUT2D eigenvalue weighted by atomic mass is 10.1. The molecule has 2 aromatic rings. The predicted molar refractivity (Wildman–Crippen MR) is 94.3 cm³/mol. The third-order valence-electron chi connectivity index (χ3n) is 4.66. The lowest BCUT2D eigenvalue weighted by Crippen LogP contribution is -2.08. The van der Waals surface area contributed by atoms with E-state index in [0.717, 1.165) is 11.4 Å². The largest absolute Gasteiger partial charge is 0.496 e. The number of esters is 1. The molecule has 0 spiro atoms. The third-order valence-corrected chi connectivity index (χ3v) is 4.66. The van der Waals surface area contributed by atoms with E-state index in [1.807, 2.05) is 19.9 Å². The van der Waals surface area contributed by atoms with Crippen molar-refractivity contribution in [3.63, 3.8) is 0 Å². The Bertz CT molecular complexity index is 830. The van der Waals surface area contributed by atoms with Crippen LogP contribution in [0.2, 0.25) is 0 Å². The second-order valence-corrected chi connectivity index (χ2v) is 6.54. The third kappa shape index (κ3) is 3.45. The van der Waals surface area contributed by atoms with E-state index < -0.39 is 0 Å². The van der Waals surface area contributed by atoms with Gasteiger partial charge in [0.2, 0.25) is 0 Å². The van der Waals surface area contributed by atoms with Gasteiger partial charge in [0.25, 0.3) is 0 Å². The maximum atomic E-state index is 12.5. The molecule has 0 saturated heterocycles. The van der Waals surface area contributed by atoms with Gasteiger partial charge < -0.3 is 14.0 Å². The van der Waals surface area contributed by atoms with E-state index >= 15 is 0 Å². The summed E-state index contributed by atoms with van der Waals surface area (Å²) >= 11 is 0. The van der Waals surface area contributed by atoms with Crippen molar-refractivity contribution in [1.82, 2.24) is 4.57 Å². The molecule has 0 unspecified atom stereocenters. The van der Waals surface area contributed by atoms with Crippen LogP contribution < -0.4 is 4.74 Å². The van der Waals surface area contributed by atoms with Crippen molar-refractivity contribution >= 4 is 11.8 Å². The Morgan fingerprint density at radius 1 is 1.20 bits per heavy atom. The average molecular weight is 341 g/mol. The molecule has 1 fully saturated rings. The average Bonchev–Trinajstić information content (AvgIpc) is 3.37. The molecule has 0 radical (unpaired) electrons. The molecule has 5 heteroatoms. The first kappa shape index (κ1) is 17.3. The Hall–Kier alpha value is -2.56. The number of hydrogen-bond donors (Lipinski definition) is 0. The van der Waals surface area contributed by atoms with Crippen LogP contribution in [0.15, 0.2) is 24.3 Å². The standard InChI is InChI=1S/C20H23NO4/c1-12-9-18(13(2)21(12)17-6-7-17)20(23)25-11-16-10-15(14(3)22)5-8-19(16)24-4/h5,8-10,17H,6-7,11H2,1-4H3. The second kappa shape index (κ2) is 6.75. The van der Waals surface area contributed by atoms with Crippen molar-refractivity contribution in [2.45, 2.75) is 46.3 Å². The van der Waals surface area contributed by atoms with Gasteiger partial charge in [-0.1, -0.05) is 0 Å². The van der Waals surface area contributed by atoms with Crippen LogP contribution in [0.3, 0.4) is 0 Å². The number of nitrogens with zero attached hydrogens (tertiary/aromatic N) is 1. The van der Waals surface area contributed by atoms with Crippen molar-refractivity contribution in [3.05, 3.63) is 52.3 Å². The van der Waals surface area contributed by atoms with Crippen molar-refractivity contribution in [2.24, 2.45) is 0 Å². The van der Waals surface area contributed by atoms with Crippen LogP contribution in [0.4, 0.5) is 0 Å². The van der Waals surface area contributed by atoms with Gasteiger partial charge in [0, 0.05) is 28.6 Å². The Kier molecular flexibility index (Phi) is 4.66. The number of benzene rings is 1. The highest BCUT2D eigenvalue weighted by atomic mass is 16.5. The summed E-state index contributed by atoms with van der Waals surface area (Å²) in [6, 6.07) is 7.55. The van der Waals surface area contributed by atoms with Gasteiger partial charge in [-0.3, -0.25) is 4.79 Å². The summed E-state index contributed by atoms with van der Waals surface area (Å²) in [6.07, 6.45) is 2.33. The zero-order chi connectivity index (χ0) is 18.1. The van der Waals surface area contributed by atoms with Crippen LogP contribution in [0.1, 0.15) is 63.5 Å². The van der Waals surface area contributed by atoms with Gasteiger partial charge in [0.05, 0.1) is 12.7 Å². The predicted octanol–water partition coefficient (Wildman–Crippen LogP) is 4.01. The van der Waals surface area contributed by atoms with Gasteiger partial charge in [0.15, 0.2) is 5.78 Å². The smallest absolute Gasteiger partial charge is 0.340 e. The molecule has 1 saturated carbocycles. The zero-order valence-electron chi connectivity index (χ0n) is 15.1.